The van der Waals surface area contributed by atoms with Crippen LogP contribution in [0, 0.1) is 0 Å². The van der Waals surface area contributed by atoms with Crippen molar-refractivity contribution in [2.24, 2.45) is 0 Å². The van der Waals surface area contributed by atoms with Crippen molar-refractivity contribution in [3.63, 3.8) is 0 Å². The van der Waals surface area contributed by atoms with Gasteiger partial charge >= 0.3 is 6.98 Å². The van der Waals surface area contributed by atoms with E-state index in [1.165, 1.54) is 25.3 Å². The van der Waals surface area contributed by atoms with Crippen molar-refractivity contribution in [2.75, 3.05) is 7.11 Å². The Morgan fingerprint density at radius 2 is 2.00 bits per heavy atom. The molecular weight excluding hydrogens is 215 g/mol. The van der Waals surface area contributed by atoms with Gasteiger partial charge in [0.2, 0.25) is 0 Å². The van der Waals surface area contributed by atoms with Crippen LogP contribution >= 0.6 is 11.6 Å². The quantitative estimate of drug-likeness (QED) is 0.715. The van der Waals surface area contributed by atoms with Gasteiger partial charge in [-0.15, -0.1) is 0 Å². The Morgan fingerprint density at radius 3 is 2.50 bits per heavy atom. The van der Waals surface area contributed by atoms with Crippen LogP contribution in [-0.4, -0.2) is 14.1 Å². The Morgan fingerprint density at radius 1 is 1.36 bits per heavy atom. The topological polar surface area (TPSA) is 9.23 Å². The minimum absolute atomic E-state index is 0.166. The van der Waals surface area contributed by atoms with Crippen LogP contribution < -0.4 is 4.74 Å². The molecule has 0 heterocycles. The fourth-order valence-corrected chi connectivity index (χ4v) is 1.29. The molecule has 0 unspecified atom stereocenters. The lowest BCUT2D eigenvalue weighted by atomic mass is 9.82. The third-order valence-corrected chi connectivity index (χ3v) is 1.99. The molecule has 1 nitrogen and oxygen atoms in total. The van der Waals surface area contributed by atoms with Crippen LogP contribution in [0.15, 0.2) is 18.2 Å². The predicted molar refractivity (Wildman–Crippen MR) is 50.8 cm³/mol. The maximum absolute atomic E-state index is 12.1. The second-order valence-electron chi connectivity index (χ2n) is 2.88. The molecule has 0 amide bonds. The van der Waals surface area contributed by atoms with Gasteiger partial charge < -0.3 is 17.7 Å². The molecule has 0 saturated heterocycles. The summed E-state index contributed by atoms with van der Waals surface area (Å²) in [4.78, 5) is 0. The predicted octanol–water partition coefficient (Wildman–Crippen LogP) is 3.28. The summed E-state index contributed by atoms with van der Waals surface area (Å²) in [6, 6.07) is 4.05. The molecule has 0 fully saturated rings. The van der Waals surface area contributed by atoms with Crippen LogP contribution in [0.3, 0.4) is 0 Å². The monoisotopic (exact) mass is 223 g/mol. The molecule has 0 saturated carbocycles. The van der Waals surface area contributed by atoms with E-state index in [1.54, 1.807) is 0 Å². The van der Waals surface area contributed by atoms with Crippen LogP contribution in [0.4, 0.5) is 12.9 Å². The molecule has 14 heavy (non-hydrogen) atoms. The molecule has 1 rings (SSSR count). The number of halogens is 4. The number of hydrogen-bond acceptors (Lipinski definition) is 1. The first-order valence-electron chi connectivity index (χ1n) is 3.96. The Hall–Kier alpha value is -0.835. The van der Waals surface area contributed by atoms with Crippen molar-refractivity contribution >= 4 is 18.6 Å². The Kier molecular flexibility index (Phi) is 3.31. The van der Waals surface area contributed by atoms with Crippen molar-refractivity contribution in [3.05, 3.63) is 28.8 Å². The van der Waals surface area contributed by atoms with Crippen molar-refractivity contribution < 1.29 is 17.7 Å². The second-order valence-corrected chi connectivity index (χ2v) is 3.29. The average molecular weight is 223 g/mol. The normalized spacial score (nSPS) is 11.5. The summed E-state index contributed by atoms with van der Waals surface area (Å²) in [6.45, 7) is -4.81. The van der Waals surface area contributed by atoms with Crippen molar-refractivity contribution in [1.29, 1.82) is 0 Å². The Labute approximate surface area is 84.9 Å². The van der Waals surface area contributed by atoms with Crippen LogP contribution in [0.5, 0.6) is 5.75 Å². The van der Waals surface area contributed by atoms with Gasteiger partial charge in [-0.3, -0.25) is 0 Å². The van der Waals surface area contributed by atoms with Crippen molar-refractivity contribution in [2.45, 2.75) is 6.32 Å². The number of methoxy groups -OCH3 is 1. The largest absolute Gasteiger partial charge is 0.495 e. The first kappa shape index (κ1) is 11.2. The molecule has 1 aromatic rings. The van der Waals surface area contributed by atoms with Crippen LogP contribution in [-0.2, 0) is 6.32 Å². The van der Waals surface area contributed by atoms with Crippen LogP contribution in [0.25, 0.3) is 0 Å². The maximum Gasteiger partial charge on any atom is 0.482 e. The van der Waals surface area contributed by atoms with Crippen LogP contribution in [0.1, 0.15) is 5.56 Å². The zero-order chi connectivity index (χ0) is 10.8. The summed E-state index contributed by atoms with van der Waals surface area (Å²) in [6.07, 6.45) is -0.909. The lowest BCUT2D eigenvalue weighted by molar-refractivity contribution is 0.414. The molecule has 0 bridgehead atoms. The highest BCUT2D eigenvalue weighted by Gasteiger charge is 2.23. The van der Waals surface area contributed by atoms with Gasteiger partial charge in [-0.05, 0) is 12.1 Å². The number of ether oxygens (including phenoxy) is 1. The zero-order valence-electron chi connectivity index (χ0n) is 7.44. The summed E-state index contributed by atoms with van der Waals surface area (Å²) >= 11 is 5.67. The van der Waals surface area contributed by atoms with E-state index in [0.717, 1.165) is 0 Å². The molecule has 0 aliphatic rings. The molecule has 0 radical (unpaired) electrons. The summed E-state index contributed by atoms with van der Waals surface area (Å²) in [5.74, 6) is 0.268. The van der Waals surface area contributed by atoms with E-state index in [0.29, 0.717) is 5.02 Å². The van der Waals surface area contributed by atoms with E-state index < -0.39 is 13.3 Å². The molecule has 0 N–H and O–H groups in total. The molecule has 6 heteroatoms. The van der Waals surface area contributed by atoms with Crippen molar-refractivity contribution in [3.8, 4) is 5.75 Å². The fraction of sp³-hybridized carbons (Fsp3) is 0.250. The Bertz CT molecular complexity index is 327. The molecule has 78 valence electrons. The summed E-state index contributed by atoms with van der Waals surface area (Å²) in [5.41, 5.74) is 0.166. The minimum atomic E-state index is -4.81. The van der Waals surface area contributed by atoms with E-state index in [1.807, 2.05) is 0 Å². The standard InChI is InChI=1S/C8H8BClF3O/c1-14-8-4-6(2-3-7(8)10)5-9(11,12)13/h2-4H,5H2,1H3/q-1. The van der Waals surface area contributed by atoms with Crippen molar-refractivity contribution in [1.82, 2.24) is 0 Å². The molecule has 1 aromatic carbocycles. The van der Waals surface area contributed by atoms with E-state index >= 15 is 0 Å². The fourth-order valence-electron chi connectivity index (χ4n) is 1.10. The summed E-state index contributed by atoms with van der Waals surface area (Å²) in [7, 11) is 1.36. The molecule has 0 aromatic heterocycles. The van der Waals surface area contributed by atoms with Gasteiger partial charge in [0.15, 0.2) is 0 Å². The van der Waals surface area contributed by atoms with Gasteiger partial charge in [-0.25, -0.2) is 0 Å². The van der Waals surface area contributed by atoms with E-state index in [2.05, 4.69) is 0 Å². The zero-order valence-corrected chi connectivity index (χ0v) is 8.19. The molecule has 0 atom stereocenters. The SMILES string of the molecule is COc1cc(C[B-](F)(F)F)ccc1Cl. The molecule has 0 spiro atoms. The van der Waals surface area contributed by atoms with Gasteiger partial charge in [-0.1, -0.05) is 29.6 Å². The van der Waals surface area contributed by atoms with Gasteiger partial charge in [0.1, 0.15) is 5.75 Å². The van der Waals surface area contributed by atoms with Gasteiger partial charge in [0.05, 0.1) is 12.1 Å². The van der Waals surface area contributed by atoms with Gasteiger partial charge in [0, 0.05) is 0 Å². The summed E-state index contributed by atoms with van der Waals surface area (Å²) in [5, 5.41) is 0.311. The van der Waals surface area contributed by atoms with E-state index in [4.69, 9.17) is 16.3 Å². The maximum atomic E-state index is 12.1. The van der Waals surface area contributed by atoms with Gasteiger partial charge in [-0.2, -0.15) is 0 Å². The highest BCUT2D eigenvalue weighted by Crippen LogP contribution is 2.27. The third-order valence-electron chi connectivity index (χ3n) is 1.68. The first-order chi connectivity index (χ1) is 6.42. The lowest BCUT2D eigenvalue weighted by Crippen LogP contribution is -2.19. The number of benzene rings is 1. The summed E-state index contributed by atoms with van der Waals surface area (Å²) < 4.78 is 41.0. The minimum Gasteiger partial charge on any atom is -0.495 e. The van der Waals surface area contributed by atoms with Crippen LogP contribution in [0.2, 0.25) is 5.02 Å². The van der Waals surface area contributed by atoms with E-state index in [9.17, 15) is 12.9 Å². The smallest absolute Gasteiger partial charge is 0.482 e. The highest BCUT2D eigenvalue weighted by molar-refractivity contribution is 6.57. The average Bonchev–Trinajstić information content (AvgIpc) is 2.06. The molecular formula is C8H8BClF3O-. The number of hydrogen-bond donors (Lipinski definition) is 0. The van der Waals surface area contributed by atoms with E-state index in [-0.39, 0.29) is 11.3 Å². The van der Waals surface area contributed by atoms with Gasteiger partial charge in [0.25, 0.3) is 0 Å². The molecule has 0 aliphatic heterocycles. The Balaban J connectivity index is 2.90. The first-order valence-corrected chi connectivity index (χ1v) is 4.33. The number of rotatable bonds is 3. The second kappa shape index (κ2) is 4.13. The third kappa shape index (κ3) is 3.14. The lowest BCUT2D eigenvalue weighted by Gasteiger charge is -2.14. The molecule has 0 aliphatic carbocycles. The highest BCUT2D eigenvalue weighted by atomic mass is 35.5.